The zero-order valence-corrected chi connectivity index (χ0v) is 24.1. The van der Waals surface area contributed by atoms with E-state index >= 15 is 0 Å². The monoisotopic (exact) mass is 556 g/mol. The van der Waals surface area contributed by atoms with Gasteiger partial charge in [-0.05, 0) is 49.7 Å². The van der Waals surface area contributed by atoms with Gasteiger partial charge in [0.15, 0.2) is 0 Å². The Kier molecular flexibility index (Phi) is 8.18. The molecular formula is C30H36N8OS. The van der Waals surface area contributed by atoms with Crippen LogP contribution in [0.5, 0.6) is 0 Å². The zero-order chi connectivity index (χ0) is 26.9. The molecule has 9 nitrogen and oxygen atoms in total. The van der Waals surface area contributed by atoms with Gasteiger partial charge in [0, 0.05) is 68.1 Å². The Morgan fingerprint density at radius 2 is 1.98 bits per heavy atom. The summed E-state index contributed by atoms with van der Waals surface area (Å²) in [5.74, 6) is 2.56. The number of fused-ring (bicyclic) bond motifs is 2. The van der Waals surface area contributed by atoms with Crippen LogP contribution in [0.25, 0.3) is 22.2 Å². The van der Waals surface area contributed by atoms with Crippen molar-refractivity contribution in [2.24, 2.45) is 5.92 Å². The summed E-state index contributed by atoms with van der Waals surface area (Å²) in [6, 6.07) is 14.6. The fourth-order valence-electron chi connectivity index (χ4n) is 5.99. The summed E-state index contributed by atoms with van der Waals surface area (Å²) in [5.41, 5.74) is 4.35. The Balaban J connectivity index is 0.00000323. The minimum atomic E-state index is -0.114. The van der Waals surface area contributed by atoms with E-state index < -0.39 is 0 Å². The van der Waals surface area contributed by atoms with Gasteiger partial charge in [-0.2, -0.15) is 13.5 Å². The van der Waals surface area contributed by atoms with Crippen LogP contribution in [0.1, 0.15) is 35.2 Å². The molecule has 0 radical (unpaired) electrons. The van der Waals surface area contributed by atoms with E-state index in [2.05, 4.69) is 67.6 Å². The Bertz CT molecular complexity index is 1500. The summed E-state index contributed by atoms with van der Waals surface area (Å²) in [4.78, 5) is 35.5. The minimum absolute atomic E-state index is 0. The fraction of sp³-hybridized carbons (Fsp3) is 0.367. The van der Waals surface area contributed by atoms with Crippen LogP contribution >= 0.6 is 13.5 Å². The van der Waals surface area contributed by atoms with Crippen molar-refractivity contribution in [1.82, 2.24) is 30.2 Å². The van der Waals surface area contributed by atoms with Gasteiger partial charge >= 0.3 is 0 Å². The van der Waals surface area contributed by atoms with Crippen molar-refractivity contribution >= 4 is 41.9 Å². The lowest BCUT2D eigenvalue weighted by Gasteiger charge is -2.21. The SMILES string of the molecule is CNC(=O)c1ccnc2c([C@H](C)CNc3cc(-c4ccc(N5C[C@@H]6CCN(C)[C@@H]6C5)nc4)ncn3)cccc12.S. The highest BCUT2D eigenvalue weighted by Gasteiger charge is 2.39. The van der Waals surface area contributed by atoms with Crippen molar-refractivity contribution in [2.45, 2.75) is 25.3 Å². The maximum atomic E-state index is 12.3. The van der Waals surface area contributed by atoms with E-state index in [-0.39, 0.29) is 25.3 Å². The van der Waals surface area contributed by atoms with Crippen LogP contribution in [0.15, 0.2) is 61.2 Å². The van der Waals surface area contributed by atoms with Gasteiger partial charge in [0.25, 0.3) is 5.91 Å². The van der Waals surface area contributed by atoms with Crippen LogP contribution in [-0.2, 0) is 0 Å². The lowest BCUT2D eigenvalue weighted by atomic mass is 9.96. The second-order valence-corrected chi connectivity index (χ2v) is 10.7. The maximum absolute atomic E-state index is 12.3. The number of likely N-dealkylation sites (N-methyl/N-ethyl adjacent to an activating group) is 1. The number of anilines is 2. The number of likely N-dealkylation sites (tertiary alicyclic amines) is 1. The third-order valence-electron chi connectivity index (χ3n) is 8.25. The smallest absolute Gasteiger partial charge is 0.251 e. The molecular weight excluding hydrogens is 520 g/mol. The molecule has 2 fully saturated rings. The Morgan fingerprint density at radius 1 is 1.10 bits per heavy atom. The highest BCUT2D eigenvalue weighted by atomic mass is 32.1. The van der Waals surface area contributed by atoms with E-state index in [1.54, 1.807) is 25.6 Å². The molecule has 0 spiro atoms. The van der Waals surface area contributed by atoms with Gasteiger partial charge in [0.2, 0.25) is 0 Å². The van der Waals surface area contributed by atoms with E-state index in [0.717, 1.165) is 58.4 Å². The summed E-state index contributed by atoms with van der Waals surface area (Å²) in [6.45, 7) is 6.14. The van der Waals surface area contributed by atoms with Crippen molar-refractivity contribution in [3.05, 3.63) is 72.3 Å². The molecule has 3 atom stereocenters. The van der Waals surface area contributed by atoms with Crippen LogP contribution < -0.4 is 15.5 Å². The van der Waals surface area contributed by atoms with Crippen LogP contribution in [-0.4, -0.2) is 77.1 Å². The number of hydrogen-bond donors (Lipinski definition) is 2. The molecule has 40 heavy (non-hydrogen) atoms. The van der Waals surface area contributed by atoms with E-state index in [1.807, 2.05) is 24.4 Å². The van der Waals surface area contributed by atoms with Crippen molar-refractivity contribution in [2.75, 3.05) is 50.5 Å². The van der Waals surface area contributed by atoms with Gasteiger partial charge in [-0.3, -0.25) is 9.78 Å². The third-order valence-corrected chi connectivity index (χ3v) is 8.25. The molecule has 0 unspecified atom stereocenters. The number of pyridine rings is 2. The molecule has 0 saturated carbocycles. The van der Waals surface area contributed by atoms with Crippen LogP contribution in [0.2, 0.25) is 0 Å². The fourth-order valence-corrected chi connectivity index (χ4v) is 5.99. The van der Waals surface area contributed by atoms with Crippen LogP contribution in [0.3, 0.4) is 0 Å². The summed E-state index contributed by atoms with van der Waals surface area (Å²) in [6.07, 6.45) is 6.47. The average molecular weight is 557 g/mol. The predicted molar refractivity (Wildman–Crippen MR) is 164 cm³/mol. The zero-order valence-electron chi connectivity index (χ0n) is 23.1. The van der Waals surface area contributed by atoms with E-state index in [4.69, 9.17) is 4.98 Å². The first-order chi connectivity index (χ1) is 19.0. The van der Waals surface area contributed by atoms with Gasteiger partial charge in [-0.15, -0.1) is 0 Å². The highest BCUT2D eigenvalue weighted by molar-refractivity contribution is 7.59. The number of carbonyl (C=O) groups is 1. The van der Waals surface area contributed by atoms with Crippen molar-refractivity contribution in [1.29, 1.82) is 0 Å². The summed E-state index contributed by atoms with van der Waals surface area (Å²) in [7, 11) is 3.87. The molecule has 6 rings (SSSR count). The lowest BCUT2D eigenvalue weighted by Crippen LogP contribution is -2.32. The van der Waals surface area contributed by atoms with E-state index in [1.165, 1.54) is 13.0 Å². The van der Waals surface area contributed by atoms with E-state index in [0.29, 0.717) is 18.2 Å². The average Bonchev–Trinajstić information content (AvgIpc) is 3.57. The Hall–Kier alpha value is -3.76. The molecule has 10 heteroatoms. The molecule has 0 aliphatic carbocycles. The summed E-state index contributed by atoms with van der Waals surface area (Å²) < 4.78 is 0. The number of carbonyl (C=O) groups excluding carboxylic acids is 1. The predicted octanol–water partition coefficient (Wildman–Crippen LogP) is 3.92. The lowest BCUT2D eigenvalue weighted by molar-refractivity contribution is 0.0964. The molecule has 2 saturated heterocycles. The van der Waals surface area contributed by atoms with Gasteiger partial charge in [0.05, 0.1) is 16.8 Å². The first kappa shape index (κ1) is 27.8. The van der Waals surface area contributed by atoms with Gasteiger partial charge in [-0.25, -0.2) is 15.0 Å². The van der Waals surface area contributed by atoms with Gasteiger partial charge in [0.1, 0.15) is 18.0 Å². The van der Waals surface area contributed by atoms with Crippen molar-refractivity contribution < 1.29 is 4.79 Å². The molecule has 2 N–H and O–H groups in total. The quantitative estimate of drug-likeness (QED) is 0.354. The Labute approximate surface area is 241 Å². The van der Waals surface area contributed by atoms with Crippen molar-refractivity contribution in [3.8, 4) is 11.3 Å². The first-order valence-electron chi connectivity index (χ1n) is 13.6. The number of para-hydroxylation sites is 1. The number of aromatic nitrogens is 4. The molecule has 5 heterocycles. The molecule has 2 aliphatic heterocycles. The van der Waals surface area contributed by atoms with Gasteiger partial charge in [-0.1, -0.05) is 25.1 Å². The molecule has 3 aromatic heterocycles. The molecule has 2 aliphatic rings. The standard InChI is InChI=1S/C30H34N8O.H2S/c1-19(22-5-4-6-23-24(30(39)31-2)9-11-32-29(22)23)14-33-27-13-25(35-18-36-27)20-7-8-28(34-15-20)38-16-21-10-12-37(3)26(21)17-38;/h4-9,11,13,15,18-19,21,26H,10,12,14,16-17H2,1-3H3,(H,31,39)(H,33,35,36);1H2/t19-,21+,26-;/m1./s1. The van der Waals surface area contributed by atoms with Gasteiger partial charge < -0.3 is 20.4 Å². The summed E-state index contributed by atoms with van der Waals surface area (Å²) >= 11 is 0. The largest absolute Gasteiger partial charge is 0.369 e. The minimum Gasteiger partial charge on any atom is -0.369 e. The second-order valence-electron chi connectivity index (χ2n) is 10.7. The second kappa shape index (κ2) is 11.8. The third kappa shape index (κ3) is 5.33. The number of nitrogens with zero attached hydrogens (tertiary/aromatic N) is 6. The number of rotatable bonds is 7. The normalized spacial score (nSPS) is 19.2. The first-order valence-corrected chi connectivity index (χ1v) is 13.6. The van der Waals surface area contributed by atoms with E-state index in [9.17, 15) is 4.79 Å². The molecule has 4 aromatic rings. The molecule has 208 valence electrons. The maximum Gasteiger partial charge on any atom is 0.251 e. The highest BCUT2D eigenvalue weighted by Crippen LogP contribution is 2.33. The van der Waals surface area contributed by atoms with Crippen LogP contribution in [0.4, 0.5) is 11.6 Å². The van der Waals surface area contributed by atoms with Crippen molar-refractivity contribution in [3.63, 3.8) is 0 Å². The number of amides is 1. The number of benzene rings is 1. The molecule has 0 bridgehead atoms. The topological polar surface area (TPSA) is 99.2 Å². The number of nitrogens with one attached hydrogen (secondary N) is 2. The Morgan fingerprint density at radius 3 is 2.75 bits per heavy atom. The summed E-state index contributed by atoms with van der Waals surface area (Å²) in [5, 5.41) is 7.02. The van der Waals surface area contributed by atoms with Crippen LogP contribution in [0, 0.1) is 5.92 Å². The number of hydrogen-bond acceptors (Lipinski definition) is 8. The molecule has 1 aromatic carbocycles. The molecule has 1 amide bonds.